The van der Waals surface area contributed by atoms with Crippen LogP contribution in [0.4, 0.5) is 4.79 Å². The Hall–Kier alpha value is -2.95. The lowest BCUT2D eigenvalue weighted by Crippen LogP contribution is -2.46. The predicted molar refractivity (Wildman–Crippen MR) is 107 cm³/mol. The Kier molecular flexibility index (Phi) is 5.93. The van der Waals surface area contributed by atoms with Crippen LogP contribution in [0.5, 0.6) is 0 Å². The van der Waals surface area contributed by atoms with Crippen LogP contribution in [0.25, 0.3) is 0 Å². The summed E-state index contributed by atoms with van der Waals surface area (Å²) in [6.07, 6.45) is 2.96. The topological polar surface area (TPSA) is 66.5 Å². The van der Waals surface area contributed by atoms with Crippen molar-refractivity contribution >= 4 is 17.8 Å². The highest BCUT2D eigenvalue weighted by Crippen LogP contribution is 2.37. The highest BCUT2D eigenvalue weighted by Gasteiger charge is 2.56. The van der Waals surface area contributed by atoms with E-state index in [9.17, 15) is 14.4 Å². The molecule has 1 heterocycles. The first-order chi connectivity index (χ1) is 13.6. The highest BCUT2D eigenvalue weighted by molar-refractivity contribution is 6.20. The number of amides is 4. The second-order valence-corrected chi connectivity index (χ2v) is 7.17. The Balaban J connectivity index is 2.08. The average Bonchev–Trinajstić information content (AvgIpc) is 3.00. The number of imide groups is 3. The third-order valence-corrected chi connectivity index (χ3v) is 5.28. The van der Waals surface area contributed by atoms with Gasteiger partial charge in [-0.25, -0.2) is 4.79 Å². The highest BCUT2D eigenvalue weighted by atomic mass is 16.2. The van der Waals surface area contributed by atoms with E-state index in [1.807, 2.05) is 50.2 Å². The van der Waals surface area contributed by atoms with Gasteiger partial charge in [0, 0.05) is 5.92 Å². The minimum Gasteiger partial charge on any atom is -0.315 e. The first kappa shape index (κ1) is 19.8. The molecule has 1 aliphatic rings. The SMILES string of the molecule is CCCC(CCC)C(=O)N1C(=O)NC(c2ccccc2)(c2ccccc2)C1=O. The van der Waals surface area contributed by atoms with Crippen molar-refractivity contribution in [2.24, 2.45) is 5.92 Å². The van der Waals surface area contributed by atoms with Crippen LogP contribution in [0.15, 0.2) is 60.7 Å². The van der Waals surface area contributed by atoms with Gasteiger partial charge in [-0.15, -0.1) is 0 Å². The van der Waals surface area contributed by atoms with E-state index in [2.05, 4.69) is 5.32 Å². The fourth-order valence-corrected chi connectivity index (χ4v) is 3.93. The molecule has 0 atom stereocenters. The van der Waals surface area contributed by atoms with E-state index in [-0.39, 0.29) is 5.92 Å². The first-order valence-corrected chi connectivity index (χ1v) is 9.87. The molecule has 1 saturated heterocycles. The fraction of sp³-hybridized carbons (Fsp3) is 0.348. The predicted octanol–water partition coefficient (Wildman–Crippen LogP) is 4.23. The van der Waals surface area contributed by atoms with Crippen molar-refractivity contribution in [2.75, 3.05) is 0 Å². The molecule has 0 radical (unpaired) electrons. The summed E-state index contributed by atoms with van der Waals surface area (Å²) in [5.41, 5.74) is -0.118. The van der Waals surface area contributed by atoms with Crippen LogP contribution in [-0.4, -0.2) is 22.7 Å². The summed E-state index contributed by atoms with van der Waals surface area (Å²) >= 11 is 0. The first-order valence-electron chi connectivity index (χ1n) is 9.87. The van der Waals surface area contributed by atoms with Crippen LogP contribution >= 0.6 is 0 Å². The van der Waals surface area contributed by atoms with Crippen LogP contribution < -0.4 is 5.32 Å². The molecule has 0 saturated carbocycles. The smallest absolute Gasteiger partial charge is 0.315 e. The van der Waals surface area contributed by atoms with Crippen molar-refractivity contribution < 1.29 is 14.4 Å². The van der Waals surface area contributed by atoms with Crippen molar-refractivity contribution in [3.05, 3.63) is 71.8 Å². The summed E-state index contributed by atoms with van der Waals surface area (Å²) in [6, 6.07) is 17.5. The van der Waals surface area contributed by atoms with E-state index in [1.165, 1.54) is 0 Å². The number of hydrogen-bond acceptors (Lipinski definition) is 3. The van der Waals surface area contributed by atoms with E-state index in [0.717, 1.165) is 17.7 Å². The van der Waals surface area contributed by atoms with E-state index >= 15 is 0 Å². The van der Waals surface area contributed by atoms with Crippen molar-refractivity contribution in [3.8, 4) is 0 Å². The monoisotopic (exact) mass is 378 g/mol. The van der Waals surface area contributed by atoms with Gasteiger partial charge in [0.25, 0.3) is 5.91 Å². The van der Waals surface area contributed by atoms with Crippen LogP contribution in [0, 0.1) is 5.92 Å². The largest absolute Gasteiger partial charge is 0.332 e. The molecule has 0 aromatic heterocycles. The van der Waals surface area contributed by atoms with Crippen LogP contribution in [-0.2, 0) is 15.1 Å². The Morgan fingerprint density at radius 1 is 0.893 bits per heavy atom. The van der Waals surface area contributed by atoms with Gasteiger partial charge < -0.3 is 5.32 Å². The van der Waals surface area contributed by atoms with Gasteiger partial charge in [0.2, 0.25) is 5.91 Å². The number of hydrogen-bond donors (Lipinski definition) is 1. The molecule has 0 aliphatic carbocycles. The molecule has 146 valence electrons. The number of nitrogens with one attached hydrogen (secondary N) is 1. The van der Waals surface area contributed by atoms with Crippen molar-refractivity contribution in [3.63, 3.8) is 0 Å². The van der Waals surface area contributed by atoms with Gasteiger partial charge in [0.05, 0.1) is 0 Å². The molecular formula is C23H26N2O3. The van der Waals surface area contributed by atoms with Gasteiger partial charge in [-0.3, -0.25) is 9.59 Å². The van der Waals surface area contributed by atoms with Crippen molar-refractivity contribution in [1.82, 2.24) is 10.2 Å². The van der Waals surface area contributed by atoms with Crippen LogP contribution in [0.2, 0.25) is 0 Å². The fourth-order valence-electron chi connectivity index (χ4n) is 3.93. The van der Waals surface area contributed by atoms with Gasteiger partial charge in [0.1, 0.15) is 0 Å². The van der Waals surface area contributed by atoms with Gasteiger partial charge >= 0.3 is 6.03 Å². The lowest BCUT2D eigenvalue weighted by atomic mass is 9.82. The normalized spacial score (nSPS) is 15.8. The van der Waals surface area contributed by atoms with Gasteiger partial charge in [-0.2, -0.15) is 4.90 Å². The molecule has 28 heavy (non-hydrogen) atoms. The zero-order valence-electron chi connectivity index (χ0n) is 16.4. The summed E-state index contributed by atoms with van der Waals surface area (Å²) in [6.45, 7) is 4.00. The summed E-state index contributed by atoms with van der Waals surface area (Å²) in [4.78, 5) is 40.5. The molecule has 2 aromatic rings. The molecule has 0 spiro atoms. The lowest BCUT2D eigenvalue weighted by molar-refractivity contribution is -0.143. The number of urea groups is 1. The standard InChI is InChI=1S/C23H26N2O3/c1-3-11-17(12-4-2)20(26)25-21(27)23(24-22(25)28,18-13-7-5-8-14-18)19-15-9-6-10-16-19/h5-10,13-17H,3-4,11-12H2,1-2H3,(H,24,28). The maximum Gasteiger partial charge on any atom is 0.332 e. The maximum atomic E-state index is 13.6. The van der Waals surface area contributed by atoms with E-state index < -0.39 is 23.4 Å². The van der Waals surface area contributed by atoms with E-state index in [0.29, 0.717) is 24.0 Å². The molecule has 1 aliphatic heterocycles. The maximum absolute atomic E-state index is 13.6. The molecule has 1 fully saturated rings. The van der Waals surface area contributed by atoms with E-state index in [4.69, 9.17) is 0 Å². The quantitative estimate of drug-likeness (QED) is 0.734. The molecule has 4 amide bonds. The van der Waals surface area contributed by atoms with Gasteiger partial charge in [-0.05, 0) is 24.0 Å². The lowest BCUT2D eigenvalue weighted by Gasteiger charge is -2.28. The zero-order chi connectivity index (χ0) is 20.1. The number of rotatable bonds is 7. The van der Waals surface area contributed by atoms with Crippen LogP contribution in [0.1, 0.15) is 50.7 Å². The molecule has 5 heteroatoms. The summed E-state index contributed by atoms with van der Waals surface area (Å²) in [7, 11) is 0. The number of benzene rings is 2. The minimum absolute atomic E-state index is 0.327. The molecule has 0 bridgehead atoms. The molecule has 0 unspecified atom stereocenters. The zero-order valence-corrected chi connectivity index (χ0v) is 16.4. The molecular weight excluding hydrogens is 352 g/mol. The summed E-state index contributed by atoms with van der Waals surface area (Å²) < 4.78 is 0. The molecule has 3 rings (SSSR count). The second kappa shape index (κ2) is 8.38. The Labute approximate surface area is 165 Å². The van der Waals surface area contributed by atoms with E-state index in [1.54, 1.807) is 24.3 Å². The summed E-state index contributed by atoms with van der Waals surface area (Å²) in [5.74, 6) is -1.26. The number of carbonyl (C=O) groups excluding carboxylic acids is 3. The Morgan fingerprint density at radius 2 is 1.36 bits per heavy atom. The number of carbonyl (C=O) groups is 3. The third kappa shape index (κ3) is 3.33. The van der Waals surface area contributed by atoms with Crippen molar-refractivity contribution in [1.29, 1.82) is 0 Å². The second-order valence-electron chi connectivity index (χ2n) is 7.17. The number of nitrogens with zero attached hydrogens (tertiary/aromatic N) is 1. The average molecular weight is 378 g/mol. The van der Waals surface area contributed by atoms with Crippen LogP contribution in [0.3, 0.4) is 0 Å². The Morgan fingerprint density at radius 3 is 1.79 bits per heavy atom. The van der Waals surface area contributed by atoms with Crippen molar-refractivity contribution in [2.45, 2.75) is 45.1 Å². The molecule has 1 N–H and O–H groups in total. The molecule has 5 nitrogen and oxygen atoms in total. The molecule has 2 aromatic carbocycles. The van der Waals surface area contributed by atoms with Gasteiger partial charge in [-0.1, -0.05) is 87.4 Å². The summed E-state index contributed by atoms with van der Waals surface area (Å²) in [5, 5.41) is 2.84. The van der Waals surface area contributed by atoms with Gasteiger partial charge in [0.15, 0.2) is 5.54 Å². The Bertz CT molecular complexity index is 803. The third-order valence-electron chi connectivity index (χ3n) is 5.28. The minimum atomic E-state index is -1.39.